The lowest BCUT2D eigenvalue weighted by atomic mass is 9.84. The molecule has 16 heavy (non-hydrogen) atoms. The molecule has 0 atom stereocenters. The number of hydrogen-bond donors (Lipinski definition) is 2. The molecule has 0 radical (unpaired) electrons. The Morgan fingerprint density at radius 1 is 1.06 bits per heavy atom. The number of nitrogens with one attached hydrogen (secondary N) is 2. The second-order valence-corrected chi connectivity index (χ2v) is 5.35. The number of carbonyl (C=O) groups excluding carboxylic acids is 1. The fourth-order valence-corrected chi connectivity index (χ4v) is 2.52. The molecule has 0 unspecified atom stereocenters. The monoisotopic (exact) mass is 224 g/mol. The van der Waals surface area contributed by atoms with Crippen LogP contribution >= 0.6 is 0 Å². The van der Waals surface area contributed by atoms with Crippen LogP contribution in [0.15, 0.2) is 0 Å². The van der Waals surface area contributed by atoms with E-state index in [2.05, 4.69) is 17.6 Å². The van der Waals surface area contributed by atoms with Gasteiger partial charge < -0.3 is 10.6 Å². The van der Waals surface area contributed by atoms with Gasteiger partial charge in [0, 0.05) is 12.1 Å². The third-order valence-electron chi connectivity index (χ3n) is 3.92. The molecule has 3 nitrogen and oxygen atoms in total. The van der Waals surface area contributed by atoms with Gasteiger partial charge in [0.2, 0.25) is 5.91 Å². The largest absolute Gasteiger partial charge is 0.352 e. The van der Waals surface area contributed by atoms with E-state index < -0.39 is 0 Å². The van der Waals surface area contributed by atoms with Crippen molar-refractivity contribution in [1.29, 1.82) is 0 Å². The van der Waals surface area contributed by atoms with Crippen LogP contribution in [0.25, 0.3) is 0 Å². The van der Waals surface area contributed by atoms with E-state index in [4.69, 9.17) is 0 Å². The minimum Gasteiger partial charge on any atom is -0.352 e. The molecular formula is C13H24N2O. The molecule has 3 heteroatoms. The molecule has 0 bridgehead atoms. The van der Waals surface area contributed by atoms with Crippen molar-refractivity contribution in [3.8, 4) is 0 Å². The van der Waals surface area contributed by atoms with Crippen LogP contribution in [0.1, 0.15) is 51.9 Å². The van der Waals surface area contributed by atoms with Gasteiger partial charge in [-0.15, -0.1) is 0 Å². The summed E-state index contributed by atoms with van der Waals surface area (Å²) < 4.78 is 0. The van der Waals surface area contributed by atoms with E-state index in [1.807, 2.05) is 0 Å². The Balaban J connectivity index is 1.57. The van der Waals surface area contributed by atoms with Gasteiger partial charge in [-0.2, -0.15) is 0 Å². The molecule has 0 heterocycles. The molecule has 0 aliphatic heterocycles. The number of carbonyl (C=O) groups is 1. The van der Waals surface area contributed by atoms with Crippen molar-refractivity contribution in [1.82, 2.24) is 10.6 Å². The minimum absolute atomic E-state index is 0.181. The maximum Gasteiger partial charge on any atom is 0.234 e. The second kappa shape index (κ2) is 5.67. The fourth-order valence-electron chi connectivity index (χ4n) is 2.52. The lowest BCUT2D eigenvalue weighted by Crippen LogP contribution is -2.41. The Kier molecular flexibility index (Phi) is 4.22. The van der Waals surface area contributed by atoms with Crippen molar-refractivity contribution >= 4 is 5.91 Å². The smallest absolute Gasteiger partial charge is 0.234 e. The maximum atomic E-state index is 11.5. The SMILES string of the molecule is CCC1CCC(NCC(=O)NC2CC2)CC1. The van der Waals surface area contributed by atoms with Crippen molar-refractivity contribution in [2.24, 2.45) is 5.92 Å². The van der Waals surface area contributed by atoms with Crippen LogP contribution in [0.2, 0.25) is 0 Å². The molecule has 0 aromatic rings. The van der Waals surface area contributed by atoms with Gasteiger partial charge in [0.15, 0.2) is 0 Å². The van der Waals surface area contributed by atoms with Gasteiger partial charge in [-0.1, -0.05) is 13.3 Å². The zero-order valence-electron chi connectivity index (χ0n) is 10.3. The van der Waals surface area contributed by atoms with Gasteiger partial charge >= 0.3 is 0 Å². The summed E-state index contributed by atoms with van der Waals surface area (Å²) in [7, 11) is 0. The van der Waals surface area contributed by atoms with Crippen molar-refractivity contribution in [2.45, 2.75) is 64.0 Å². The Morgan fingerprint density at radius 2 is 1.69 bits per heavy atom. The van der Waals surface area contributed by atoms with Crippen molar-refractivity contribution < 1.29 is 4.79 Å². The van der Waals surface area contributed by atoms with E-state index >= 15 is 0 Å². The molecular weight excluding hydrogens is 200 g/mol. The fraction of sp³-hybridized carbons (Fsp3) is 0.923. The van der Waals surface area contributed by atoms with Crippen LogP contribution < -0.4 is 10.6 Å². The van der Waals surface area contributed by atoms with Crippen LogP contribution in [-0.2, 0) is 4.79 Å². The standard InChI is InChI=1S/C13H24N2O/c1-2-10-3-5-11(6-4-10)14-9-13(16)15-12-7-8-12/h10-12,14H,2-9H2,1H3,(H,15,16). The highest BCUT2D eigenvalue weighted by Gasteiger charge is 2.24. The molecule has 0 aromatic carbocycles. The molecule has 0 aromatic heterocycles. The Bertz CT molecular complexity index is 230. The summed E-state index contributed by atoms with van der Waals surface area (Å²) in [6.45, 7) is 2.79. The van der Waals surface area contributed by atoms with E-state index in [0.29, 0.717) is 18.6 Å². The lowest BCUT2D eigenvalue weighted by molar-refractivity contribution is -0.120. The van der Waals surface area contributed by atoms with Crippen LogP contribution in [0.5, 0.6) is 0 Å². The molecule has 2 aliphatic rings. The molecule has 0 saturated heterocycles. The molecule has 92 valence electrons. The predicted molar refractivity (Wildman–Crippen MR) is 65.2 cm³/mol. The first-order valence-corrected chi connectivity index (χ1v) is 6.80. The highest BCUT2D eigenvalue weighted by atomic mass is 16.2. The summed E-state index contributed by atoms with van der Waals surface area (Å²) in [5, 5.41) is 6.40. The number of amides is 1. The third-order valence-corrected chi connectivity index (χ3v) is 3.92. The quantitative estimate of drug-likeness (QED) is 0.748. The predicted octanol–water partition coefficient (Wildman–Crippen LogP) is 1.82. The molecule has 2 aliphatic carbocycles. The van der Waals surface area contributed by atoms with E-state index in [-0.39, 0.29) is 5.91 Å². The van der Waals surface area contributed by atoms with Gasteiger partial charge in [0.25, 0.3) is 0 Å². The Hall–Kier alpha value is -0.570. The number of rotatable bonds is 5. The summed E-state index contributed by atoms with van der Waals surface area (Å²) in [5.74, 6) is 1.11. The maximum absolute atomic E-state index is 11.5. The summed E-state index contributed by atoms with van der Waals surface area (Å²) in [5.41, 5.74) is 0. The lowest BCUT2D eigenvalue weighted by Gasteiger charge is -2.28. The second-order valence-electron chi connectivity index (χ2n) is 5.35. The highest BCUT2D eigenvalue weighted by molar-refractivity contribution is 5.78. The molecule has 2 fully saturated rings. The Labute approximate surface area is 98.4 Å². The average molecular weight is 224 g/mol. The molecule has 2 rings (SSSR count). The van der Waals surface area contributed by atoms with Crippen LogP contribution in [0.3, 0.4) is 0 Å². The highest BCUT2D eigenvalue weighted by Crippen LogP contribution is 2.26. The van der Waals surface area contributed by atoms with Gasteiger partial charge in [0.1, 0.15) is 0 Å². The molecule has 0 spiro atoms. The summed E-state index contributed by atoms with van der Waals surface area (Å²) in [4.78, 5) is 11.5. The van der Waals surface area contributed by atoms with Gasteiger partial charge in [-0.05, 0) is 44.4 Å². The van der Waals surface area contributed by atoms with Gasteiger partial charge in [0.05, 0.1) is 6.54 Å². The zero-order valence-corrected chi connectivity index (χ0v) is 10.3. The molecule has 2 saturated carbocycles. The molecule has 1 amide bonds. The van der Waals surface area contributed by atoms with Crippen LogP contribution in [0.4, 0.5) is 0 Å². The average Bonchev–Trinajstić information content (AvgIpc) is 3.11. The van der Waals surface area contributed by atoms with Crippen molar-refractivity contribution in [3.05, 3.63) is 0 Å². The minimum atomic E-state index is 0.181. The third kappa shape index (κ3) is 3.78. The first-order valence-electron chi connectivity index (χ1n) is 6.80. The van der Waals surface area contributed by atoms with Crippen molar-refractivity contribution in [2.75, 3.05) is 6.54 Å². The topological polar surface area (TPSA) is 41.1 Å². The summed E-state index contributed by atoms with van der Waals surface area (Å²) in [6.07, 6.45) is 8.82. The van der Waals surface area contributed by atoms with E-state index in [1.165, 1.54) is 44.9 Å². The van der Waals surface area contributed by atoms with E-state index in [1.54, 1.807) is 0 Å². The first-order chi connectivity index (χ1) is 7.78. The number of hydrogen-bond acceptors (Lipinski definition) is 2. The van der Waals surface area contributed by atoms with E-state index in [0.717, 1.165) is 5.92 Å². The summed E-state index contributed by atoms with van der Waals surface area (Å²) in [6, 6.07) is 1.07. The van der Waals surface area contributed by atoms with Crippen LogP contribution in [0, 0.1) is 5.92 Å². The van der Waals surface area contributed by atoms with E-state index in [9.17, 15) is 4.79 Å². The molecule has 2 N–H and O–H groups in total. The van der Waals surface area contributed by atoms with Crippen molar-refractivity contribution in [3.63, 3.8) is 0 Å². The van der Waals surface area contributed by atoms with Gasteiger partial charge in [-0.3, -0.25) is 4.79 Å². The normalized spacial score (nSPS) is 30.1. The first kappa shape index (κ1) is 11.9. The Morgan fingerprint density at radius 3 is 2.25 bits per heavy atom. The van der Waals surface area contributed by atoms with Gasteiger partial charge in [-0.25, -0.2) is 0 Å². The summed E-state index contributed by atoms with van der Waals surface area (Å²) >= 11 is 0. The van der Waals surface area contributed by atoms with Crippen LogP contribution in [-0.4, -0.2) is 24.5 Å². The zero-order chi connectivity index (χ0) is 11.4.